The average Bonchev–Trinajstić information content (AvgIpc) is 3.70. The SMILES string of the molecule is C1=CCC(C2(c3ccccc3)c3ccccc3C3=Cc4c(n([N+]5=C(c6ccccc6)[NH2+]C5c5ccccc5)c5ccc(C6=CCCC=C6)cc45)CC32)C=C1. The van der Waals surface area contributed by atoms with E-state index < -0.39 is 0 Å². The van der Waals surface area contributed by atoms with E-state index in [0.717, 1.165) is 25.7 Å². The number of quaternary nitrogens is 1. The van der Waals surface area contributed by atoms with E-state index in [1.165, 1.54) is 72.5 Å². The average molecular weight is 698 g/mol. The number of benzene rings is 5. The third-order valence-corrected chi connectivity index (χ3v) is 12.8. The first-order valence-electron chi connectivity index (χ1n) is 19.7. The summed E-state index contributed by atoms with van der Waals surface area (Å²) in [6, 6.07) is 50.0. The molecule has 2 N–H and O–H groups in total. The van der Waals surface area contributed by atoms with Gasteiger partial charge in [0.2, 0.25) is 0 Å². The molecule has 0 bridgehead atoms. The zero-order valence-corrected chi connectivity index (χ0v) is 30.4. The van der Waals surface area contributed by atoms with Crippen molar-refractivity contribution in [3.63, 3.8) is 0 Å². The molecule has 5 aliphatic rings. The molecule has 3 heteroatoms. The van der Waals surface area contributed by atoms with Crippen LogP contribution in [-0.2, 0) is 11.8 Å². The van der Waals surface area contributed by atoms with Gasteiger partial charge in [-0.2, -0.15) is 5.32 Å². The van der Waals surface area contributed by atoms with Crippen molar-refractivity contribution in [1.82, 2.24) is 4.68 Å². The Morgan fingerprint density at radius 1 is 0.722 bits per heavy atom. The lowest BCUT2D eigenvalue weighted by molar-refractivity contribution is -0.917. The Kier molecular flexibility index (Phi) is 7.31. The van der Waals surface area contributed by atoms with Gasteiger partial charge in [-0.25, -0.2) is 0 Å². The Labute approximate surface area is 317 Å². The summed E-state index contributed by atoms with van der Waals surface area (Å²) in [5.41, 5.74) is 14.8. The zero-order chi connectivity index (χ0) is 35.6. The molecule has 0 saturated heterocycles. The van der Waals surface area contributed by atoms with Gasteiger partial charge in [0.25, 0.3) is 0 Å². The first-order chi connectivity index (χ1) is 26.8. The van der Waals surface area contributed by atoms with Crippen LogP contribution in [0.4, 0.5) is 0 Å². The predicted molar refractivity (Wildman–Crippen MR) is 221 cm³/mol. The zero-order valence-electron chi connectivity index (χ0n) is 30.4. The molecule has 6 aromatic rings. The third-order valence-electron chi connectivity index (χ3n) is 12.8. The van der Waals surface area contributed by atoms with Gasteiger partial charge < -0.3 is 0 Å². The number of hydrogen-bond acceptors (Lipinski definition) is 0. The molecule has 4 unspecified atom stereocenters. The standard InChI is InChI=1S/C51H41N3/c1-6-18-35(19-7-1)38-30-31-47-43(32-38)44-33-42-41-28-16-17-29-45(41)51(39-24-12-4-13-25-39,40-26-14-5-15-27-40)46(42)34-48(44)53(47)54-49(36-20-8-2-9-21-36)52-50(54)37-22-10-3-11-23-37/h2-6,8-26,28-33,40,46,49H,1,7,27,34H2/p+2. The highest BCUT2D eigenvalue weighted by atomic mass is 15.6. The number of allylic oxidation sites excluding steroid dienone is 9. The summed E-state index contributed by atoms with van der Waals surface area (Å²) in [7, 11) is 0. The summed E-state index contributed by atoms with van der Waals surface area (Å²) in [5, 5.41) is 3.78. The number of nitrogens with zero attached hydrogens (tertiary/aromatic N) is 2. The van der Waals surface area contributed by atoms with E-state index in [4.69, 9.17) is 0 Å². The van der Waals surface area contributed by atoms with Crippen molar-refractivity contribution in [3.05, 3.63) is 221 Å². The summed E-state index contributed by atoms with van der Waals surface area (Å²) in [5.74, 6) is 1.85. The van der Waals surface area contributed by atoms with Crippen molar-refractivity contribution in [1.29, 1.82) is 0 Å². The summed E-state index contributed by atoms with van der Waals surface area (Å²) >= 11 is 0. The molecule has 0 radical (unpaired) electrons. The first-order valence-corrected chi connectivity index (χ1v) is 19.7. The second kappa shape index (κ2) is 12.5. The van der Waals surface area contributed by atoms with Crippen molar-refractivity contribution in [2.24, 2.45) is 11.8 Å². The van der Waals surface area contributed by atoms with Crippen LogP contribution < -0.4 is 5.32 Å². The lowest BCUT2D eigenvalue weighted by Crippen LogP contribution is -3.01. The van der Waals surface area contributed by atoms with Gasteiger partial charge in [0.1, 0.15) is 11.1 Å². The van der Waals surface area contributed by atoms with E-state index >= 15 is 0 Å². The molecule has 260 valence electrons. The highest BCUT2D eigenvalue weighted by molar-refractivity contribution is 6.02. The number of rotatable bonds is 6. The molecule has 0 fully saturated rings. The molecule has 0 spiro atoms. The Morgan fingerprint density at radius 2 is 1.50 bits per heavy atom. The first kappa shape index (κ1) is 31.5. The van der Waals surface area contributed by atoms with Gasteiger partial charge in [-0.15, -0.1) is 4.68 Å². The second-order valence-corrected chi connectivity index (χ2v) is 15.5. The summed E-state index contributed by atoms with van der Waals surface area (Å²) in [4.78, 5) is 0. The molecule has 1 aliphatic heterocycles. The number of amidine groups is 1. The Morgan fingerprint density at radius 3 is 2.28 bits per heavy atom. The minimum Gasteiger partial charge on any atom is -0.191 e. The molecule has 4 atom stereocenters. The van der Waals surface area contributed by atoms with Gasteiger partial charge >= 0.3 is 12.0 Å². The lowest BCUT2D eigenvalue weighted by Gasteiger charge is -2.44. The normalized spacial score (nSPS) is 23.7. The predicted octanol–water partition coefficient (Wildman–Crippen LogP) is 10.0. The van der Waals surface area contributed by atoms with Gasteiger partial charge in [0.15, 0.2) is 0 Å². The molecule has 3 nitrogen and oxygen atoms in total. The molecule has 4 aliphatic carbocycles. The van der Waals surface area contributed by atoms with E-state index in [-0.39, 0.29) is 17.5 Å². The number of nitrogens with two attached hydrogens (primary N) is 1. The number of aromatic nitrogens is 1. The molecule has 0 amide bonds. The Bertz CT molecular complexity index is 2630. The van der Waals surface area contributed by atoms with E-state index in [1.807, 2.05) is 0 Å². The molecule has 2 heterocycles. The van der Waals surface area contributed by atoms with Crippen molar-refractivity contribution in [2.75, 3.05) is 0 Å². The van der Waals surface area contributed by atoms with Crippen molar-refractivity contribution in [2.45, 2.75) is 37.3 Å². The van der Waals surface area contributed by atoms with E-state index in [0.29, 0.717) is 5.92 Å². The molecule has 11 rings (SSSR count). The third kappa shape index (κ3) is 4.61. The molecule has 0 saturated carbocycles. The fourth-order valence-corrected chi connectivity index (χ4v) is 10.5. The molecule has 5 aromatic carbocycles. The van der Waals surface area contributed by atoms with Crippen LogP contribution in [0.2, 0.25) is 0 Å². The topological polar surface area (TPSA) is 24.5 Å². The fraction of sp³-hybridized carbons (Fsp3) is 0.157. The van der Waals surface area contributed by atoms with Crippen molar-refractivity contribution >= 4 is 34.0 Å². The minimum absolute atomic E-state index is 0.112. The maximum Gasteiger partial charge on any atom is 0.407 e. The van der Waals surface area contributed by atoms with Crippen LogP contribution in [0, 0.1) is 11.8 Å². The van der Waals surface area contributed by atoms with Crippen LogP contribution in [0.5, 0.6) is 0 Å². The van der Waals surface area contributed by atoms with Crippen LogP contribution in [0.3, 0.4) is 0 Å². The largest absolute Gasteiger partial charge is 0.407 e. The summed E-state index contributed by atoms with van der Waals surface area (Å²) in [6.07, 6.45) is 23.3. The Balaban J connectivity index is 1.21. The summed E-state index contributed by atoms with van der Waals surface area (Å²) in [6.45, 7) is 0. The van der Waals surface area contributed by atoms with Crippen LogP contribution >= 0.6 is 0 Å². The van der Waals surface area contributed by atoms with Crippen LogP contribution in [-0.4, -0.2) is 15.2 Å². The van der Waals surface area contributed by atoms with Crippen LogP contribution in [0.15, 0.2) is 176 Å². The fourth-order valence-electron chi connectivity index (χ4n) is 10.5. The van der Waals surface area contributed by atoms with Gasteiger partial charge in [-0.05, 0) is 101 Å². The second-order valence-electron chi connectivity index (χ2n) is 15.5. The highest BCUT2D eigenvalue weighted by Gasteiger charge is 2.57. The van der Waals surface area contributed by atoms with Gasteiger partial charge in [-0.1, -0.05) is 140 Å². The highest BCUT2D eigenvalue weighted by Crippen LogP contribution is 2.62. The molecule has 1 aromatic heterocycles. The number of hydrogen-bond donors (Lipinski definition) is 1. The molecular weight excluding hydrogens is 655 g/mol. The van der Waals surface area contributed by atoms with Crippen LogP contribution in [0.25, 0.3) is 28.1 Å². The van der Waals surface area contributed by atoms with E-state index in [2.05, 4.69) is 197 Å². The van der Waals surface area contributed by atoms with Gasteiger partial charge in [-0.3, -0.25) is 0 Å². The lowest BCUT2D eigenvalue weighted by atomic mass is 9.58. The monoisotopic (exact) mass is 697 g/mol. The van der Waals surface area contributed by atoms with Gasteiger partial charge in [0.05, 0.1) is 11.3 Å². The maximum absolute atomic E-state index is 2.63. The van der Waals surface area contributed by atoms with E-state index in [9.17, 15) is 0 Å². The smallest absolute Gasteiger partial charge is 0.191 e. The molecular formula is C51H43N3+2. The molecule has 54 heavy (non-hydrogen) atoms. The van der Waals surface area contributed by atoms with Crippen molar-refractivity contribution in [3.8, 4) is 0 Å². The van der Waals surface area contributed by atoms with Crippen molar-refractivity contribution < 1.29 is 10.0 Å². The van der Waals surface area contributed by atoms with Crippen LogP contribution in [0.1, 0.15) is 70.1 Å². The quantitative estimate of drug-likeness (QED) is 0.168. The van der Waals surface area contributed by atoms with Gasteiger partial charge in [0, 0.05) is 33.4 Å². The Hall–Kier alpha value is -6.03. The minimum atomic E-state index is -0.210. The van der Waals surface area contributed by atoms with E-state index in [1.54, 1.807) is 0 Å². The summed E-state index contributed by atoms with van der Waals surface area (Å²) < 4.78 is 5.22. The maximum atomic E-state index is 2.63. The number of fused-ring (bicyclic) bond motifs is 6.